The number of hydrogen-bond donors (Lipinski definition) is 1. The van der Waals surface area contributed by atoms with Gasteiger partial charge in [0.2, 0.25) is 11.8 Å². The summed E-state index contributed by atoms with van der Waals surface area (Å²) in [5.41, 5.74) is 7.04. The molecule has 5 nitrogen and oxygen atoms in total. The van der Waals surface area contributed by atoms with Crippen molar-refractivity contribution in [1.82, 2.24) is 0 Å². The molecule has 2 amide bonds. The summed E-state index contributed by atoms with van der Waals surface area (Å²) < 4.78 is 5.72. The van der Waals surface area contributed by atoms with Crippen LogP contribution in [-0.2, 0) is 16.2 Å². The van der Waals surface area contributed by atoms with Gasteiger partial charge in [-0.2, -0.15) is 0 Å². The lowest BCUT2D eigenvalue weighted by Gasteiger charge is -2.16. The van der Waals surface area contributed by atoms with Gasteiger partial charge in [0.1, 0.15) is 12.4 Å². The quantitative estimate of drug-likeness (QED) is 0.906. The van der Waals surface area contributed by atoms with Gasteiger partial charge in [0.15, 0.2) is 0 Å². The van der Waals surface area contributed by atoms with Crippen LogP contribution < -0.4 is 15.4 Å². The predicted octanol–water partition coefficient (Wildman–Crippen LogP) is 2.76. The van der Waals surface area contributed by atoms with E-state index in [1.165, 1.54) is 0 Å². The summed E-state index contributed by atoms with van der Waals surface area (Å²) >= 11 is 5.85. The van der Waals surface area contributed by atoms with E-state index in [4.69, 9.17) is 22.1 Å². The van der Waals surface area contributed by atoms with Crippen molar-refractivity contribution in [2.45, 2.75) is 13.0 Å². The lowest BCUT2D eigenvalue weighted by Crippen LogP contribution is -2.28. The van der Waals surface area contributed by atoms with Crippen LogP contribution in [-0.4, -0.2) is 18.4 Å². The molecular weight excluding hydrogens is 328 g/mol. The highest BCUT2D eigenvalue weighted by Gasteiger charge is 2.33. The van der Waals surface area contributed by atoms with Gasteiger partial charge < -0.3 is 15.4 Å². The molecule has 3 rings (SSSR count). The first-order valence-electron chi connectivity index (χ1n) is 7.60. The molecule has 0 aromatic heterocycles. The maximum Gasteiger partial charge on any atom is 0.227 e. The molecule has 0 bridgehead atoms. The van der Waals surface area contributed by atoms with Crippen LogP contribution in [0.1, 0.15) is 12.0 Å². The molecule has 2 aromatic rings. The Morgan fingerprint density at radius 3 is 2.42 bits per heavy atom. The van der Waals surface area contributed by atoms with Gasteiger partial charge >= 0.3 is 0 Å². The lowest BCUT2D eigenvalue weighted by molar-refractivity contribution is -0.123. The third kappa shape index (κ3) is 3.68. The molecule has 1 unspecified atom stereocenters. The van der Waals surface area contributed by atoms with E-state index in [9.17, 15) is 9.59 Å². The third-order valence-electron chi connectivity index (χ3n) is 3.99. The van der Waals surface area contributed by atoms with Crippen molar-refractivity contribution in [3.63, 3.8) is 0 Å². The van der Waals surface area contributed by atoms with Gasteiger partial charge in [-0.3, -0.25) is 9.59 Å². The maximum absolute atomic E-state index is 12.0. The average molecular weight is 345 g/mol. The zero-order valence-corrected chi connectivity index (χ0v) is 13.7. The van der Waals surface area contributed by atoms with E-state index in [1.807, 2.05) is 24.3 Å². The number of anilines is 1. The first kappa shape index (κ1) is 16.3. The predicted molar refractivity (Wildman–Crippen MR) is 91.9 cm³/mol. The molecule has 1 aliphatic rings. The second-order valence-corrected chi connectivity index (χ2v) is 6.15. The number of rotatable bonds is 5. The van der Waals surface area contributed by atoms with Crippen molar-refractivity contribution in [3.05, 3.63) is 59.1 Å². The minimum Gasteiger partial charge on any atom is -0.489 e. The highest BCUT2D eigenvalue weighted by Crippen LogP contribution is 2.27. The number of halogens is 1. The van der Waals surface area contributed by atoms with E-state index in [2.05, 4.69) is 0 Å². The Morgan fingerprint density at radius 2 is 1.83 bits per heavy atom. The molecule has 2 N–H and O–H groups in total. The fraction of sp³-hybridized carbons (Fsp3) is 0.222. The summed E-state index contributed by atoms with van der Waals surface area (Å²) in [5.74, 6) is -0.243. The van der Waals surface area contributed by atoms with Crippen molar-refractivity contribution >= 4 is 29.1 Å². The fourth-order valence-corrected chi connectivity index (χ4v) is 2.74. The molecule has 124 valence electrons. The normalized spacial score (nSPS) is 17.1. The topological polar surface area (TPSA) is 72.6 Å². The Morgan fingerprint density at radius 1 is 1.17 bits per heavy atom. The van der Waals surface area contributed by atoms with Crippen molar-refractivity contribution in [1.29, 1.82) is 0 Å². The van der Waals surface area contributed by atoms with Gasteiger partial charge in [-0.15, -0.1) is 0 Å². The lowest BCUT2D eigenvalue weighted by atomic mass is 10.1. The van der Waals surface area contributed by atoms with Gasteiger partial charge in [0, 0.05) is 23.7 Å². The highest BCUT2D eigenvalue weighted by molar-refractivity contribution is 6.30. The van der Waals surface area contributed by atoms with Crippen molar-refractivity contribution in [3.8, 4) is 5.75 Å². The van der Waals surface area contributed by atoms with Gasteiger partial charge in [0.05, 0.1) is 5.92 Å². The number of carbonyl (C=O) groups excluding carboxylic acids is 2. The number of primary amides is 1. The standard InChI is InChI=1S/C18H17ClN2O3/c19-14-3-1-12(2-4-14)11-24-16-7-5-15(6-8-16)21-10-13(18(20)23)9-17(21)22/h1-8,13H,9-11H2,(H2,20,23). The molecule has 1 aliphatic heterocycles. The summed E-state index contributed by atoms with van der Waals surface area (Å²) in [6.07, 6.45) is 0.171. The Kier molecular flexibility index (Phi) is 4.71. The van der Waals surface area contributed by atoms with Crippen molar-refractivity contribution in [2.75, 3.05) is 11.4 Å². The third-order valence-corrected chi connectivity index (χ3v) is 4.25. The molecule has 0 spiro atoms. The highest BCUT2D eigenvalue weighted by atomic mass is 35.5. The number of hydrogen-bond acceptors (Lipinski definition) is 3. The smallest absolute Gasteiger partial charge is 0.227 e. The summed E-state index contributed by atoms with van der Waals surface area (Å²) in [6, 6.07) is 14.7. The maximum atomic E-state index is 12.0. The largest absolute Gasteiger partial charge is 0.489 e. The van der Waals surface area contributed by atoms with Gasteiger partial charge in [0.25, 0.3) is 0 Å². The number of benzene rings is 2. The number of ether oxygens (including phenoxy) is 1. The van der Waals surface area contributed by atoms with E-state index >= 15 is 0 Å². The van der Waals surface area contributed by atoms with Crippen LogP contribution in [0.4, 0.5) is 5.69 Å². The fourth-order valence-electron chi connectivity index (χ4n) is 2.62. The van der Waals surface area contributed by atoms with Crippen molar-refractivity contribution in [2.24, 2.45) is 11.7 Å². The van der Waals surface area contributed by atoms with Crippen LogP contribution in [0.5, 0.6) is 5.75 Å². The Balaban J connectivity index is 1.62. The Labute approximate surface area is 145 Å². The minimum absolute atomic E-state index is 0.0892. The average Bonchev–Trinajstić information content (AvgIpc) is 2.97. The van der Waals surface area contributed by atoms with E-state index < -0.39 is 11.8 Å². The molecule has 2 aromatic carbocycles. The molecule has 6 heteroatoms. The van der Waals surface area contributed by atoms with E-state index in [-0.39, 0.29) is 12.3 Å². The van der Waals surface area contributed by atoms with E-state index in [0.29, 0.717) is 23.9 Å². The first-order valence-corrected chi connectivity index (χ1v) is 7.98. The molecule has 1 fully saturated rings. The van der Waals surface area contributed by atoms with Crippen LogP contribution in [0.25, 0.3) is 0 Å². The molecule has 0 aliphatic carbocycles. The van der Waals surface area contributed by atoms with Gasteiger partial charge in [-0.1, -0.05) is 23.7 Å². The Hall–Kier alpha value is -2.53. The van der Waals surface area contributed by atoms with E-state index in [0.717, 1.165) is 11.3 Å². The van der Waals surface area contributed by atoms with Crippen molar-refractivity contribution < 1.29 is 14.3 Å². The van der Waals surface area contributed by atoms with Crippen LogP contribution in [0, 0.1) is 5.92 Å². The summed E-state index contributed by atoms with van der Waals surface area (Å²) in [7, 11) is 0. The van der Waals surface area contributed by atoms with Gasteiger partial charge in [-0.05, 0) is 42.0 Å². The second kappa shape index (κ2) is 6.93. The Bertz CT molecular complexity index is 744. The molecule has 1 heterocycles. The number of nitrogens with zero attached hydrogens (tertiary/aromatic N) is 1. The first-order chi connectivity index (χ1) is 11.5. The van der Waals surface area contributed by atoms with E-state index in [1.54, 1.807) is 29.2 Å². The molecule has 1 saturated heterocycles. The summed E-state index contributed by atoms with van der Waals surface area (Å²) in [6.45, 7) is 0.766. The number of carbonyl (C=O) groups is 2. The summed E-state index contributed by atoms with van der Waals surface area (Å²) in [5, 5.41) is 0.688. The molecule has 0 saturated carbocycles. The molecular formula is C18H17ClN2O3. The number of amides is 2. The van der Waals surface area contributed by atoms with Crippen LogP contribution in [0.3, 0.4) is 0 Å². The zero-order chi connectivity index (χ0) is 17.1. The number of nitrogens with two attached hydrogens (primary N) is 1. The molecule has 0 radical (unpaired) electrons. The van der Waals surface area contributed by atoms with Crippen LogP contribution in [0.2, 0.25) is 5.02 Å². The molecule has 24 heavy (non-hydrogen) atoms. The monoisotopic (exact) mass is 344 g/mol. The molecule has 1 atom stereocenters. The van der Waals surface area contributed by atoms with Gasteiger partial charge in [-0.25, -0.2) is 0 Å². The SMILES string of the molecule is NC(=O)C1CC(=O)N(c2ccc(OCc3ccc(Cl)cc3)cc2)C1. The van der Waals surface area contributed by atoms with Crippen LogP contribution in [0.15, 0.2) is 48.5 Å². The summed E-state index contributed by atoms with van der Waals surface area (Å²) in [4.78, 5) is 24.8. The zero-order valence-electron chi connectivity index (χ0n) is 12.9. The van der Waals surface area contributed by atoms with Crippen LogP contribution >= 0.6 is 11.6 Å². The minimum atomic E-state index is -0.436. The second-order valence-electron chi connectivity index (χ2n) is 5.72.